The quantitative estimate of drug-likeness (QED) is 0.680. The first-order chi connectivity index (χ1) is 8.15. The zero-order valence-corrected chi connectivity index (χ0v) is 10.5. The molecule has 1 amide bonds. The maximum atomic E-state index is 11.9. The third kappa shape index (κ3) is 2.83. The number of aliphatic carboxylic acids is 1. The van der Waals surface area contributed by atoms with Gasteiger partial charge in [0, 0.05) is 18.9 Å². The van der Waals surface area contributed by atoms with Crippen LogP contribution >= 0.6 is 11.8 Å². The lowest BCUT2D eigenvalue weighted by molar-refractivity contribution is -0.137. The van der Waals surface area contributed by atoms with Crippen molar-refractivity contribution in [2.24, 2.45) is 5.92 Å². The van der Waals surface area contributed by atoms with E-state index in [1.165, 1.54) is 0 Å². The van der Waals surface area contributed by atoms with Crippen molar-refractivity contribution in [2.75, 3.05) is 6.54 Å². The highest BCUT2D eigenvalue weighted by Crippen LogP contribution is 2.60. The summed E-state index contributed by atoms with van der Waals surface area (Å²) < 4.78 is -0.179. The molecule has 1 saturated carbocycles. The molecule has 5 heteroatoms. The number of thioether (sulfide) groups is 1. The Bertz CT molecular complexity index is 356. The van der Waals surface area contributed by atoms with E-state index in [1.807, 2.05) is 5.41 Å². The number of hydrogen-bond acceptors (Lipinski definition) is 3. The molecule has 0 aromatic carbocycles. The Morgan fingerprint density at radius 3 is 2.82 bits per heavy atom. The van der Waals surface area contributed by atoms with Crippen molar-refractivity contribution in [3.8, 4) is 0 Å². The molecule has 2 aliphatic rings. The average molecular weight is 255 g/mol. The molecule has 1 aliphatic carbocycles. The van der Waals surface area contributed by atoms with Gasteiger partial charge in [0.05, 0.1) is 0 Å². The van der Waals surface area contributed by atoms with Gasteiger partial charge in [-0.15, -0.1) is 11.8 Å². The lowest BCUT2D eigenvalue weighted by Crippen LogP contribution is -2.35. The van der Waals surface area contributed by atoms with E-state index < -0.39 is 5.97 Å². The normalized spacial score (nSPS) is 28.8. The number of carboxylic acid groups (broad SMARTS) is 1. The van der Waals surface area contributed by atoms with Crippen LogP contribution in [0.25, 0.3) is 0 Å². The van der Waals surface area contributed by atoms with E-state index in [2.05, 4.69) is 11.4 Å². The summed E-state index contributed by atoms with van der Waals surface area (Å²) in [5, 5.41) is 13.4. The van der Waals surface area contributed by atoms with E-state index in [0.717, 1.165) is 19.3 Å². The molecule has 1 aliphatic heterocycles. The van der Waals surface area contributed by atoms with E-state index >= 15 is 0 Å². The first-order valence-corrected chi connectivity index (χ1v) is 6.88. The Morgan fingerprint density at radius 2 is 2.24 bits per heavy atom. The number of carbonyl (C=O) groups is 2. The molecular weight excluding hydrogens is 238 g/mol. The van der Waals surface area contributed by atoms with Crippen LogP contribution < -0.4 is 5.32 Å². The van der Waals surface area contributed by atoms with Gasteiger partial charge in [-0.2, -0.15) is 0 Å². The number of amides is 1. The second kappa shape index (κ2) is 5.12. The fraction of sp³-hybridized carbons (Fsp3) is 0.667. The largest absolute Gasteiger partial charge is 0.481 e. The summed E-state index contributed by atoms with van der Waals surface area (Å²) >= 11 is 1.63. The van der Waals surface area contributed by atoms with E-state index in [-0.39, 0.29) is 17.1 Å². The first-order valence-electron chi connectivity index (χ1n) is 6.00. The highest BCUT2D eigenvalue weighted by Gasteiger charge is 2.61. The standard InChI is InChI=1S/C12H17NO3S/c14-10(15)4-2-1-3-6-13-11(16)12-8-9(12)5-7-17-12/h5,7,9H,1-4,6,8H2,(H,13,16)(H,14,15). The Labute approximate surface area is 105 Å². The molecule has 2 atom stereocenters. The van der Waals surface area contributed by atoms with Gasteiger partial charge in [0.2, 0.25) is 5.91 Å². The van der Waals surface area contributed by atoms with Gasteiger partial charge in [-0.05, 0) is 24.7 Å². The van der Waals surface area contributed by atoms with E-state index in [9.17, 15) is 9.59 Å². The van der Waals surface area contributed by atoms with Crippen LogP contribution in [0.4, 0.5) is 0 Å². The predicted molar refractivity (Wildman–Crippen MR) is 66.7 cm³/mol. The molecule has 17 heavy (non-hydrogen) atoms. The number of unbranched alkanes of at least 4 members (excludes halogenated alkanes) is 2. The summed E-state index contributed by atoms with van der Waals surface area (Å²) in [4.78, 5) is 22.2. The van der Waals surface area contributed by atoms with Crippen molar-refractivity contribution >= 4 is 23.6 Å². The third-order valence-corrected chi connectivity index (χ3v) is 4.66. The molecule has 0 bridgehead atoms. The van der Waals surface area contributed by atoms with Gasteiger partial charge in [0.1, 0.15) is 4.75 Å². The third-order valence-electron chi connectivity index (χ3n) is 3.29. The molecule has 1 fully saturated rings. The second-order valence-corrected chi connectivity index (χ2v) is 5.84. The molecule has 0 saturated heterocycles. The van der Waals surface area contributed by atoms with E-state index in [0.29, 0.717) is 18.9 Å². The number of carbonyl (C=O) groups excluding carboxylic acids is 1. The summed E-state index contributed by atoms with van der Waals surface area (Å²) in [7, 11) is 0. The summed E-state index contributed by atoms with van der Waals surface area (Å²) in [5.41, 5.74) is 0. The highest BCUT2D eigenvalue weighted by molar-refractivity contribution is 8.04. The first kappa shape index (κ1) is 12.5. The number of hydrogen-bond donors (Lipinski definition) is 2. The zero-order valence-electron chi connectivity index (χ0n) is 9.65. The Morgan fingerprint density at radius 1 is 1.41 bits per heavy atom. The molecule has 2 unspecified atom stereocenters. The van der Waals surface area contributed by atoms with Gasteiger partial charge in [-0.3, -0.25) is 9.59 Å². The average Bonchev–Trinajstić information content (AvgIpc) is 2.86. The molecule has 0 radical (unpaired) electrons. The summed E-state index contributed by atoms with van der Waals surface area (Å²) in [6.45, 7) is 0.660. The van der Waals surface area contributed by atoms with E-state index in [1.54, 1.807) is 11.8 Å². The Kier molecular flexibility index (Phi) is 3.76. The van der Waals surface area contributed by atoms with Crippen molar-refractivity contribution in [1.82, 2.24) is 5.32 Å². The van der Waals surface area contributed by atoms with Gasteiger partial charge in [0.25, 0.3) is 0 Å². The molecule has 2 N–H and O–H groups in total. The number of nitrogens with one attached hydrogen (secondary N) is 1. The van der Waals surface area contributed by atoms with Crippen molar-refractivity contribution in [1.29, 1.82) is 0 Å². The smallest absolute Gasteiger partial charge is 0.303 e. The number of rotatable bonds is 7. The van der Waals surface area contributed by atoms with Crippen LogP contribution in [0, 0.1) is 5.92 Å². The molecule has 4 nitrogen and oxygen atoms in total. The van der Waals surface area contributed by atoms with Crippen LogP contribution in [0.3, 0.4) is 0 Å². The SMILES string of the molecule is O=C(O)CCCCCNC(=O)C12CC1C=CS2. The molecular formula is C12H17NO3S. The maximum absolute atomic E-state index is 11.9. The summed E-state index contributed by atoms with van der Waals surface area (Å²) in [5.74, 6) is -0.155. The van der Waals surface area contributed by atoms with Gasteiger partial charge < -0.3 is 10.4 Å². The lowest BCUT2D eigenvalue weighted by atomic mass is 10.2. The summed E-state index contributed by atoms with van der Waals surface area (Å²) in [6.07, 6.45) is 5.71. The van der Waals surface area contributed by atoms with Crippen LogP contribution in [0.2, 0.25) is 0 Å². The zero-order chi connectivity index (χ0) is 12.3. The minimum absolute atomic E-state index is 0.149. The number of carboxylic acids is 1. The van der Waals surface area contributed by atoms with Gasteiger partial charge in [-0.25, -0.2) is 0 Å². The maximum Gasteiger partial charge on any atom is 0.303 e. The second-order valence-electron chi connectivity index (χ2n) is 4.61. The Hall–Kier alpha value is -0.970. The van der Waals surface area contributed by atoms with Crippen LogP contribution in [0.1, 0.15) is 32.1 Å². The number of fused-ring (bicyclic) bond motifs is 1. The fourth-order valence-corrected chi connectivity index (χ4v) is 3.35. The summed E-state index contributed by atoms with van der Waals surface area (Å²) in [6, 6.07) is 0. The number of allylic oxidation sites excluding steroid dienone is 1. The Balaban J connectivity index is 1.54. The molecule has 94 valence electrons. The van der Waals surface area contributed by atoms with Crippen LogP contribution in [0.5, 0.6) is 0 Å². The van der Waals surface area contributed by atoms with Gasteiger partial charge in [0.15, 0.2) is 0 Å². The van der Waals surface area contributed by atoms with Crippen molar-refractivity contribution in [2.45, 2.75) is 36.9 Å². The topological polar surface area (TPSA) is 66.4 Å². The minimum atomic E-state index is -0.748. The van der Waals surface area contributed by atoms with Crippen LogP contribution in [0.15, 0.2) is 11.5 Å². The molecule has 2 rings (SSSR count). The van der Waals surface area contributed by atoms with E-state index in [4.69, 9.17) is 5.11 Å². The predicted octanol–water partition coefficient (Wildman–Crippen LogP) is 1.77. The molecule has 0 spiro atoms. The highest BCUT2D eigenvalue weighted by atomic mass is 32.2. The molecule has 0 aromatic rings. The fourth-order valence-electron chi connectivity index (χ4n) is 2.13. The van der Waals surface area contributed by atoms with Gasteiger partial charge in [-0.1, -0.05) is 12.5 Å². The van der Waals surface area contributed by atoms with Crippen molar-refractivity contribution < 1.29 is 14.7 Å². The lowest BCUT2D eigenvalue weighted by Gasteiger charge is -2.11. The molecule has 1 heterocycles. The van der Waals surface area contributed by atoms with Gasteiger partial charge >= 0.3 is 5.97 Å². The van der Waals surface area contributed by atoms with Crippen molar-refractivity contribution in [3.63, 3.8) is 0 Å². The van der Waals surface area contributed by atoms with Crippen LogP contribution in [-0.4, -0.2) is 28.3 Å². The van der Waals surface area contributed by atoms with Crippen LogP contribution in [-0.2, 0) is 9.59 Å². The minimum Gasteiger partial charge on any atom is -0.481 e. The monoisotopic (exact) mass is 255 g/mol. The molecule has 0 aromatic heterocycles. The van der Waals surface area contributed by atoms with Crippen molar-refractivity contribution in [3.05, 3.63) is 11.5 Å².